The summed E-state index contributed by atoms with van der Waals surface area (Å²) in [6, 6.07) is 34.7. The van der Waals surface area contributed by atoms with Crippen molar-refractivity contribution in [1.29, 1.82) is 0 Å². The molecule has 0 bridgehead atoms. The number of nitrogens with one attached hydrogen (secondary N) is 1. The van der Waals surface area contributed by atoms with Crippen molar-refractivity contribution in [1.82, 2.24) is 23.8 Å². The van der Waals surface area contributed by atoms with E-state index < -0.39 is 0 Å². The predicted octanol–water partition coefficient (Wildman–Crippen LogP) is 11.6. The molecule has 5 aromatic heterocycles. The Balaban J connectivity index is 0.000000180. The van der Waals surface area contributed by atoms with Crippen LogP contribution in [0, 0.1) is 5.82 Å². The number of rotatable bonds is 8. The van der Waals surface area contributed by atoms with E-state index in [1.54, 1.807) is 12.1 Å². The number of anilines is 3. The second-order valence-corrected chi connectivity index (χ2v) is 14.3. The van der Waals surface area contributed by atoms with E-state index in [9.17, 15) is 4.39 Å². The van der Waals surface area contributed by atoms with Gasteiger partial charge in [0.25, 0.3) is 0 Å². The van der Waals surface area contributed by atoms with Gasteiger partial charge in [-0.1, -0.05) is 72.8 Å². The Hall–Kier alpha value is -5.36. The number of nitrogens with zero attached hydrogens (tertiary/aromatic N) is 6. The first-order valence-electron chi connectivity index (χ1n) is 16.3. The quantitative estimate of drug-likeness (QED) is 0.165. The van der Waals surface area contributed by atoms with Crippen LogP contribution >= 0.6 is 43.2 Å². The molecule has 0 saturated heterocycles. The Morgan fingerprint density at radius 2 is 1.23 bits per heavy atom. The minimum absolute atomic E-state index is 0.257. The average molecular weight is 834 g/mol. The molecule has 0 fully saturated rings. The molecular weight excluding hydrogens is 801 g/mol. The molecule has 8 aromatic rings. The molecule has 0 amide bonds. The summed E-state index contributed by atoms with van der Waals surface area (Å²) in [5, 5.41) is 6.01. The van der Waals surface area contributed by atoms with Gasteiger partial charge in [0.15, 0.2) is 5.13 Å². The lowest BCUT2D eigenvalue weighted by molar-refractivity contribution is 0.628. The van der Waals surface area contributed by atoms with Crippen molar-refractivity contribution in [3.8, 4) is 11.3 Å². The molecular formula is C41H32Br2FN7S. The number of aromatic nitrogens is 5. The zero-order valence-electron chi connectivity index (χ0n) is 28.2. The molecule has 0 aliphatic carbocycles. The minimum atomic E-state index is -0.257. The highest BCUT2D eigenvalue weighted by molar-refractivity contribution is 9.10. The first-order chi connectivity index (χ1) is 25.4. The summed E-state index contributed by atoms with van der Waals surface area (Å²) < 4.78 is 19.4. The van der Waals surface area contributed by atoms with Crippen molar-refractivity contribution in [2.45, 2.75) is 0 Å². The van der Waals surface area contributed by atoms with Crippen LogP contribution in [0.5, 0.6) is 0 Å². The molecule has 0 unspecified atom stereocenters. The second kappa shape index (κ2) is 15.9. The molecule has 0 atom stereocenters. The molecule has 5 heterocycles. The summed E-state index contributed by atoms with van der Waals surface area (Å²) in [6.45, 7) is 0. The van der Waals surface area contributed by atoms with Gasteiger partial charge >= 0.3 is 0 Å². The van der Waals surface area contributed by atoms with Crippen molar-refractivity contribution in [3.05, 3.63) is 164 Å². The van der Waals surface area contributed by atoms with Gasteiger partial charge in [0.2, 0.25) is 0 Å². The first-order valence-corrected chi connectivity index (χ1v) is 18.8. The summed E-state index contributed by atoms with van der Waals surface area (Å²) in [5.41, 5.74) is 7.49. The number of imidazole rings is 2. The Bertz CT molecular complexity index is 2510. The zero-order valence-corrected chi connectivity index (χ0v) is 32.1. The average Bonchev–Trinajstić information content (AvgIpc) is 3.90. The number of fused-ring (bicyclic) bond motifs is 2. The minimum Gasteiger partial charge on any atom is -0.372 e. The summed E-state index contributed by atoms with van der Waals surface area (Å²) >= 11 is 8.59. The monoisotopic (exact) mass is 831 g/mol. The number of hydrogen-bond acceptors (Lipinski definition) is 6. The van der Waals surface area contributed by atoms with Gasteiger partial charge in [-0.2, -0.15) is 0 Å². The third-order valence-corrected chi connectivity index (χ3v) is 9.99. The van der Waals surface area contributed by atoms with E-state index in [0.29, 0.717) is 0 Å². The van der Waals surface area contributed by atoms with Gasteiger partial charge in [-0.15, -0.1) is 11.3 Å². The fraction of sp³-hybridized carbons (Fsp3) is 0.0488. The fourth-order valence-electron chi connectivity index (χ4n) is 5.61. The van der Waals surface area contributed by atoms with E-state index in [1.165, 1.54) is 23.5 Å². The third kappa shape index (κ3) is 7.91. The highest BCUT2D eigenvalue weighted by Crippen LogP contribution is 2.34. The van der Waals surface area contributed by atoms with E-state index in [2.05, 4.69) is 78.6 Å². The normalized spacial score (nSPS) is 11.4. The molecule has 1 N–H and O–H groups in total. The Morgan fingerprint density at radius 1 is 0.673 bits per heavy atom. The number of benzene rings is 3. The Kier molecular flexibility index (Phi) is 10.7. The second-order valence-electron chi connectivity index (χ2n) is 11.6. The van der Waals surface area contributed by atoms with Crippen molar-refractivity contribution in [2.75, 3.05) is 24.3 Å². The van der Waals surface area contributed by atoms with Crippen molar-refractivity contribution in [3.63, 3.8) is 0 Å². The molecule has 258 valence electrons. The molecule has 11 heteroatoms. The Labute approximate surface area is 321 Å². The molecule has 0 saturated carbocycles. The highest BCUT2D eigenvalue weighted by Gasteiger charge is 2.19. The largest absolute Gasteiger partial charge is 0.372 e. The van der Waals surface area contributed by atoms with Crippen LogP contribution in [-0.2, 0) is 0 Å². The van der Waals surface area contributed by atoms with Gasteiger partial charge in [0, 0.05) is 46.4 Å². The standard InChI is InChI=1S/C25H18BrFN4S.C16H14BrN3/c1-30(25-29-22(16-32-25)18-8-11-20(27)12-9-18)24-21(13-7-17-5-3-2-4-6-17)28-23-14-10-19(26)15-31(23)24;1-18-16-14(9-7-12-5-3-2-4-6-12)19-15-10-8-13(17)11-20(15)16/h2-16H,1H3;2-11,18H,1H3/b13-7+;9-7+. The maximum atomic E-state index is 13.3. The molecule has 0 spiro atoms. The van der Waals surface area contributed by atoms with Crippen LogP contribution in [-0.4, -0.2) is 37.8 Å². The van der Waals surface area contributed by atoms with Gasteiger partial charge < -0.3 is 10.2 Å². The van der Waals surface area contributed by atoms with Crippen LogP contribution in [0.25, 0.3) is 46.9 Å². The van der Waals surface area contributed by atoms with Crippen molar-refractivity contribution >= 4 is 95.6 Å². The number of hydrogen-bond donors (Lipinski definition) is 1. The molecule has 52 heavy (non-hydrogen) atoms. The maximum Gasteiger partial charge on any atom is 0.191 e. The van der Waals surface area contributed by atoms with Crippen molar-refractivity contribution in [2.24, 2.45) is 0 Å². The van der Waals surface area contributed by atoms with Crippen molar-refractivity contribution < 1.29 is 4.39 Å². The van der Waals surface area contributed by atoms with Crippen LogP contribution in [0.15, 0.2) is 136 Å². The summed E-state index contributed by atoms with van der Waals surface area (Å²) in [6.07, 6.45) is 12.2. The smallest absolute Gasteiger partial charge is 0.191 e. The first kappa shape index (κ1) is 35.1. The maximum absolute atomic E-state index is 13.3. The van der Waals surface area contributed by atoms with Gasteiger partial charge in [-0.3, -0.25) is 8.80 Å². The number of pyridine rings is 2. The third-order valence-electron chi connectivity index (χ3n) is 8.13. The van der Waals surface area contributed by atoms with E-state index in [4.69, 9.17) is 9.97 Å². The van der Waals surface area contributed by atoms with Gasteiger partial charge in [-0.05, 0) is 104 Å². The van der Waals surface area contributed by atoms with Crippen LogP contribution in [0.1, 0.15) is 22.5 Å². The SMILES string of the molecule is CN(c1nc(-c2ccc(F)cc2)cs1)c1c(/C=C/c2ccccc2)nc2ccc(Br)cn12.CNc1c(/C=C/c2ccccc2)nc2ccc(Br)cn12. The Morgan fingerprint density at radius 3 is 1.85 bits per heavy atom. The molecule has 7 nitrogen and oxygen atoms in total. The van der Waals surface area contributed by atoms with Gasteiger partial charge in [0.05, 0.1) is 5.69 Å². The molecule has 0 radical (unpaired) electrons. The summed E-state index contributed by atoms with van der Waals surface area (Å²) in [4.78, 5) is 16.3. The van der Waals surface area contributed by atoms with Crippen LogP contribution in [0.4, 0.5) is 21.2 Å². The molecule has 3 aromatic carbocycles. The lowest BCUT2D eigenvalue weighted by atomic mass is 10.2. The lowest BCUT2D eigenvalue weighted by Crippen LogP contribution is -2.12. The number of thiazole rings is 1. The van der Waals surface area contributed by atoms with Gasteiger partial charge in [0.1, 0.15) is 40.1 Å². The van der Waals surface area contributed by atoms with Crippen LogP contribution in [0.2, 0.25) is 0 Å². The molecule has 0 aliphatic rings. The summed E-state index contributed by atoms with van der Waals surface area (Å²) in [5.74, 6) is 1.63. The lowest BCUT2D eigenvalue weighted by Gasteiger charge is -2.16. The fourth-order valence-corrected chi connectivity index (χ4v) is 7.09. The predicted molar refractivity (Wildman–Crippen MR) is 222 cm³/mol. The van der Waals surface area contributed by atoms with Crippen LogP contribution < -0.4 is 10.2 Å². The number of halogens is 3. The topological polar surface area (TPSA) is 62.8 Å². The van der Waals surface area contributed by atoms with Gasteiger partial charge in [-0.25, -0.2) is 19.3 Å². The molecule has 8 rings (SSSR count). The molecule has 0 aliphatic heterocycles. The summed E-state index contributed by atoms with van der Waals surface area (Å²) in [7, 11) is 3.89. The van der Waals surface area contributed by atoms with Crippen LogP contribution in [0.3, 0.4) is 0 Å². The zero-order chi connectivity index (χ0) is 36.0. The van der Waals surface area contributed by atoms with E-state index in [-0.39, 0.29) is 5.82 Å². The highest BCUT2D eigenvalue weighted by atomic mass is 79.9. The van der Waals surface area contributed by atoms with E-state index >= 15 is 0 Å². The van der Waals surface area contributed by atoms with E-state index in [0.717, 1.165) is 70.8 Å². The van der Waals surface area contributed by atoms with E-state index in [1.807, 2.05) is 118 Å².